The first-order valence-corrected chi connectivity index (χ1v) is 13.1. The van der Waals surface area contributed by atoms with Crippen molar-refractivity contribution in [2.24, 2.45) is 5.92 Å². The van der Waals surface area contributed by atoms with Gasteiger partial charge in [0.2, 0.25) is 0 Å². The monoisotopic (exact) mass is 494 g/mol. The summed E-state index contributed by atoms with van der Waals surface area (Å²) in [5.74, 6) is 0.515. The van der Waals surface area contributed by atoms with Gasteiger partial charge in [0.25, 0.3) is 5.91 Å². The summed E-state index contributed by atoms with van der Waals surface area (Å²) in [6.07, 6.45) is 8.97. The molecule has 0 bridgehead atoms. The first-order chi connectivity index (χ1) is 18.0. The number of aldehydes is 1. The Hall–Kier alpha value is -3.70. The van der Waals surface area contributed by atoms with Crippen molar-refractivity contribution in [2.45, 2.75) is 37.6 Å². The zero-order valence-electron chi connectivity index (χ0n) is 21.5. The fourth-order valence-corrected chi connectivity index (χ4v) is 5.94. The number of amides is 1. The Labute approximate surface area is 218 Å². The molecule has 37 heavy (non-hydrogen) atoms. The van der Waals surface area contributed by atoms with Gasteiger partial charge < -0.3 is 15.3 Å². The van der Waals surface area contributed by atoms with E-state index in [0.29, 0.717) is 36.1 Å². The molecule has 0 saturated heterocycles. The number of nitrogens with one attached hydrogen (secondary N) is 1. The molecular formula is C32H34N2O3. The summed E-state index contributed by atoms with van der Waals surface area (Å²) in [5.41, 5.74) is 6.41. The van der Waals surface area contributed by atoms with Gasteiger partial charge in [-0.05, 0) is 79.9 Å². The Kier molecular flexibility index (Phi) is 7.24. The molecule has 1 unspecified atom stereocenters. The Morgan fingerprint density at radius 3 is 2.41 bits per heavy atom. The van der Waals surface area contributed by atoms with Gasteiger partial charge in [0.15, 0.2) is 0 Å². The topological polar surface area (TPSA) is 69.6 Å². The number of nitrogens with zero attached hydrogens (tertiary/aromatic N) is 1. The van der Waals surface area contributed by atoms with E-state index in [2.05, 4.69) is 60.7 Å². The molecule has 5 rings (SSSR count). The number of hydrogen-bond acceptors (Lipinski definition) is 4. The van der Waals surface area contributed by atoms with Gasteiger partial charge >= 0.3 is 0 Å². The van der Waals surface area contributed by atoms with Crippen LogP contribution >= 0.6 is 0 Å². The second-order valence-electron chi connectivity index (χ2n) is 10.4. The standard InChI is InChI=1S/C32H34N2O3/c1-34(2)29-19-25-15-16-28(31(36)30(25)27-6-4-3-5-26(27)29)32(37)33-18-17-21-7-11-23(12-8-21)24-13-9-22(20-35)10-14-24/h3,5,7-16,20,26-27,29,36H,4,6,17-19H2,1-2H3,(H,33,37)/t26-,27?,29-/m1/s1. The van der Waals surface area contributed by atoms with E-state index in [1.165, 1.54) is 0 Å². The quantitative estimate of drug-likeness (QED) is 0.342. The highest BCUT2D eigenvalue weighted by atomic mass is 16.3. The zero-order valence-corrected chi connectivity index (χ0v) is 21.5. The van der Waals surface area contributed by atoms with Gasteiger partial charge in [-0.25, -0.2) is 0 Å². The minimum atomic E-state index is -0.232. The third kappa shape index (κ3) is 5.09. The van der Waals surface area contributed by atoms with Crippen LogP contribution in [0.25, 0.3) is 11.1 Å². The number of rotatable bonds is 7. The van der Waals surface area contributed by atoms with Crippen LogP contribution in [0.2, 0.25) is 0 Å². The molecule has 3 atom stereocenters. The Balaban J connectivity index is 1.25. The average Bonchev–Trinajstić information content (AvgIpc) is 2.93. The summed E-state index contributed by atoms with van der Waals surface area (Å²) in [6.45, 7) is 0.486. The highest BCUT2D eigenvalue weighted by Crippen LogP contribution is 2.48. The smallest absolute Gasteiger partial charge is 0.255 e. The molecule has 190 valence electrons. The Bertz CT molecular complexity index is 1310. The van der Waals surface area contributed by atoms with Gasteiger partial charge in [-0.1, -0.05) is 66.7 Å². The molecule has 0 radical (unpaired) electrons. The minimum absolute atomic E-state index is 0.155. The van der Waals surface area contributed by atoms with Crippen LogP contribution in [0.1, 0.15) is 56.2 Å². The number of phenolic OH excluding ortho intramolecular Hbond substituents is 1. The van der Waals surface area contributed by atoms with Crippen LogP contribution in [0, 0.1) is 5.92 Å². The van der Waals surface area contributed by atoms with E-state index < -0.39 is 0 Å². The highest BCUT2D eigenvalue weighted by Gasteiger charge is 2.39. The van der Waals surface area contributed by atoms with E-state index >= 15 is 0 Å². The summed E-state index contributed by atoms with van der Waals surface area (Å²) >= 11 is 0. The summed E-state index contributed by atoms with van der Waals surface area (Å²) in [6, 6.07) is 19.9. The molecular weight excluding hydrogens is 460 g/mol. The molecule has 5 nitrogen and oxygen atoms in total. The number of benzene rings is 3. The molecule has 1 amide bonds. The summed E-state index contributed by atoms with van der Waals surface area (Å²) < 4.78 is 0. The van der Waals surface area contributed by atoms with E-state index in [9.17, 15) is 14.7 Å². The minimum Gasteiger partial charge on any atom is -0.507 e. The summed E-state index contributed by atoms with van der Waals surface area (Å²) in [7, 11) is 4.24. The normalized spacial score (nSPS) is 20.2. The van der Waals surface area contributed by atoms with E-state index in [4.69, 9.17) is 0 Å². The first-order valence-electron chi connectivity index (χ1n) is 13.1. The third-order valence-corrected chi connectivity index (χ3v) is 7.96. The summed E-state index contributed by atoms with van der Waals surface area (Å²) in [4.78, 5) is 26.2. The fourth-order valence-electron chi connectivity index (χ4n) is 5.94. The summed E-state index contributed by atoms with van der Waals surface area (Å²) in [5, 5.41) is 14.2. The molecule has 2 N–H and O–H groups in total. The van der Waals surface area contributed by atoms with E-state index in [1.807, 2.05) is 30.3 Å². The molecule has 0 spiro atoms. The van der Waals surface area contributed by atoms with Gasteiger partial charge in [-0.3, -0.25) is 9.59 Å². The largest absolute Gasteiger partial charge is 0.507 e. The second-order valence-corrected chi connectivity index (χ2v) is 10.4. The maximum absolute atomic E-state index is 13.0. The number of carbonyl (C=O) groups is 2. The molecule has 0 saturated carbocycles. The molecule has 0 aliphatic heterocycles. The van der Waals surface area contributed by atoms with Crippen LogP contribution in [-0.2, 0) is 12.8 Å². The number of carbonyl (C=O) groups excluding carboxylic acids is 2. The van der Waals surface area contributed by atoms with Crippen LogP contribution in [0.3, 0.4) is 0 Å². The SMILES string of the molecule is CN(C)[C@@H]1Cc2ccc(C(=O)NCCc3ccc(-c4ccc(C=O)cc4)cc3)c(O)c2C2CCC=C[C@H]21. The number of likely N-dealkylation sites (N-methyl/N-ethyl adjacent to an activating group) is 1. The van der Waals surface area contributed by atoms with E-state index in [0.717, 1.165) is 53.4 Å². The lowest BCUT2D eigenvalue weighted by atomic mass is 9.67. The van der Waals surface area contributed by atoms with E-state index in [1.54, 1.807) is 6.07 Å². The van der Waals surface area contributed by atoms with Crippen LogP contribution in [0.15, 0.2) is 72.8 Å². The molecule has 5 heteroatoms. The molecule has 3 aromatic carbocycles. The van der Waals surface area contributed by atoms with Crippen molar-refractivity contribution in [1.29, 1.82) is 0 Å². The van der Waals surface area contributed by atoms with Crippen molar-refractivity contribution in [3.63, 3.8) is 0 Å². The van der Waals surface area contributed by atoms with Crippen LogP contribution in [0.4, 0.5) is 0 Å². The number of hydrogen-bond donors (Lipinski definition) is 2. The van der Waals surface area contributed by atoms with Crippen molar-refractivity contribution < 1.29 is 14.7 Å². The number of allylic oxidation sites excluding steroid dienone is 1. The second kappa shape index (κ2) is 10.7. The van der Waals surface area contributed by atoms with Gasteiger partial charge in [-0.2, -0.15) is 0 Å². The number of fused-ring (bicyclic) bond motifs is 3. The van der Waals surface area contributed by atoms with Gasteiger partial charge in [0.1, 0.15) is 12.0 Å². The molecule has 0 heterocycles. The van der Waals surface area contributed by atoms with Gasteiger partial charge in [-0.15, -0.1) is 0 Å². The van der Waals surface area contributed by atoms with Gasteiger partial charge in [0, 0.05) is 23.7 Å². The fraction of sp³-hybridized carbons (Fsp3) is 0.312. The van der Waals surface area contributed by atoms with Crippen LogP contribution in [-0.4, -0.2) is 48.9 Å². The molecule has 0 aromatic heterocycles. The number of aromatic hydroxyl groups is 1. The van der Waals surface area contributed by atoms with Crippen LogP contribution < -0.4 is 5.32 Å². The molecule has 0 fully saturated rings. The third-order valence-electron chi connectivity index (χ3n) is 7.96. The van der Waals surface area contributed by atoms with Gasteiger partial charge in [0.05, 0.1) is 5.56 Å². The van der Waals surface area contributed by atoms with Crippen LogP contribution in [0.5, 0.6) is 5.75 Å². The highest BCUT2D eigenvalue weighted by molar-refractivity contribution is 5.97. The average molecular weight is 495 g/mol. The Morgan fingerprint density at radius 1 is 1.03 bits per heavy atom. The molecule has 2 aliphatic carbocycles. The lowest BCUT2D eigenvalue weighted by Crippen LogP contribution is -2.43. The maximum atomic E-state index is 13.0. The predicted molar refractivity (Wildman–Crippen MR) is 147 cm³/mol. The van der Waals surface area contributed by atoms with Crippen molar-refractivity contribution in [1.82, 2.24) is 10.2 Å². The zero-order chi connectivity index (χ0) is 25.9. The van der Waals surface area contributed by atoms with Crippen molar-refractivity contribution in [3.8, 4) is 16.9 Å². The first kappa shape index (κ1) is 25.0. The lowest BCUT2D eigenvalue weighted by molar-refractivity contribution is 0.0950. The lowest BCUT2D eigenvalue weighted by Gasteiger charge is -2.43. The van der Waals surface area contributed by atoms with Crippen molar-refractivity contribution in [2.75, 3.05) is 20.6 Å². The molecule has 3 aromatic rings. The van der Waals surface area contributed by atoms with Crippen molar-refractivity contribution in [3.05, 3.63) is 101 Å². The molecule has 2 aliphatic rings. The number of phenols is 1. The maximum Gasteiger partial charge on any atom is 0.255 e. The van der Waals surface area contributed by atoms with E-state index in [-0.39, 0.29) is 17.6 Å². The Morgan fingerprint density at radius 2 is 1.73 bits per heavy atom. The van der Waals surface area contributed by atoms with Crippen molar-refractivity contribution >= 4 is 12.2 Å². The predicted octanol–water partition coefficient (Wildman–Crippen LogP) is 5.38.